The van der Waals surface area contributed by atoms with E-state index in [9.17, 15) is 4.79 Å². The number of nitrogens with zero attached hydrogens (tertiary/aromatic N) is 3. The minimum absolute atomic E-state index is 0.202. The van der Waals surface area contributed by atoms with Crippen molar-refractivity contribution >= 4 is 22.9 Å². The van der Waals surface area contributed by atoms with Gasteiger partial charge in [0.2, 0.25) is 0 Å². The summed E-state index contributed by atoms with van der Waals surface area (Å²) in [6.45, 7) is 7.01. The van der Waals surface area contributed by atoms with Gasteiger partial charge in [0.1, 0.15) is 5.60 Å². The van der Waals surface area contributed by atoms with Crippen molar-refractivity contribution in [2.75, 3.05) is 25.5 Å². The molecule has 7 nitrogen and oxygen atoms in total. The number of fused-ring (bicyclic) bond motifs is 1. The summed E-state index contributed by atoms with van der Waals surface area (Å²) < 4.78 is 11.5. The van der Waals surface area contributed by atoms with Crippen molar-refractivity contribution in [3.05, 3.63) is 24.3 Å². The summed E-state index contributed by atoms with van der Waals surface area (Å²) in [5.41, 5.74) is 1.17. The van der Waals surface area contributed by atoms with E-state index in [1.807, 2.05) is 57.0 Å². The van der Waals surface area contributed by atoms with Crippen LogP contribution in [0.25, 0.3) is 11.0 Å². The first-order valence-corrected chi connectivity index (χ1v) is 10.4. The first-order chi connectivity index (χ1) is 13.9. The number of ether oxygens (including phenoxy) is 2. The highest BCUT2D eigenvalue weighted by Crippen LogP contribution is 2.25. The largest absolute Gasteiger partial charge is 0.475 e. The molecule has 1 atom stereocenters. The van der Waals surface area contributed by atoms with Gasteiger partial charge in [-0.1, -0.05) is 12.1 Å². The van der Waals surface area contributed by atoms with Crippen LogP contribution in [0.4, 0.5) is 10.6 Å². The Morgan fingerprint density at radius 2 is 1.93 bits per heavy atom. The number of anilines is 1. The molecule has 0 aliphatic carbocycles. The average Bonchev–Trinajstić information content (AvgIpc) is 2.69. The van der Waals surface area contributed by atoms with Crippen LogP contribution >= 0.6 is 0 Å². The van der Waals surface area contributed by atoms with Gasteiger partial charge in [0, 0.05) is 19.6 Å². The zero-order valence-electron chi connectivity index (χ0n) is 17.9. The topological polar surface area (TPSA) is 76.6 Å². The summed E-state index contributed by atoms with van der Waals surface area (Å²) >= 11 is 0. The number of para-hydroxylation sites is 2. The van der Waals surface area contributed by atoms with Crippen molar-refractivity contribution in [3.8, 4) is 5.88 Å². The molecule has 158 valence electrons. The van der Waals surface area contributed by atoms with Crippen LogP contribution in [0.1, 0.15) is 52.9 Å². The number of piperidine rings is 1. The maximum atomic E-state index is 12.5. The van der Waals surface area contributed by atoms with Gasteiger partial charge in [-0.2, -0.15) is 0 Å². The Morgan fingerprint density at radius 3 is 2.62 bits per heavy atom. The number of amides is 1. The van der Waals surface area contributed by atoms with Crippen LogP contribution < -0.4 is 10.1 Å². The molecule has 29 heavy (non-hydrogen) atoms. The smallest absolute Gasteiger partial charge is 0.410 e. The van der Waals surface area contributed by atoms with Gasteiger partial charge in [0.15, 0.2) is 5.82 Å². The highest BCUT2D eigenvalue weighted by atomic mass is 16.6. The summed E-state index contributed by atoms with van der Waals surface area (Å²) in [5.74, 6) is 1.15. The highest BCUT2D eigenvalue weighted by molar-refractivity contribution is 5.77. The predicted molar refractivity (Wildman–Crippen MR) is 114 cm³/mol. The third-order valence-corrected chi connectivity index (χ3v) is 4.95. The van der Waals surface area contributed by atoms with Gasteiger partial charge in [-0.25, -0.2) is 14.8 Å². The number of carbonyl (C=O) groups excluding carboxylic acids is 1. The molecular weight excluding hydrogens is 368 g/mol. The molecule has 1 aromatic heterocycles. The summed E-state index contributed by atoms with van der Waals surface area (Å²) in [4.78, 5) is 23.6. The third-order valence-electron chi connectivity index (χ3n) is 4.95. The lowest BCUT2D eigenvalue weighted by Crippen LogP contribution is -2.46. The number of benzene rings is 1. The monoisotopic (exact) mass is 400 g/mol. The number of likely N-dealkylation sites (tertiary alicyclic amines) is 1. The molecule has 0 spiro atoms. The van der Waals surface area contributed by atoms with Gasteiger partial charge >= 0.3 is 6.09 Å². The van der Waals surface area contributed by atoms with Crippen LogP contribution in [0.3, 0.4) is 0 Å². The second-order valence-corrected chi connectivity index (χ2v) is 8.43. The molecule has 0 bridgehead atoms. The number of rotatable bonds is 6. The number of hydrogen-bond acceptors (Lipinski definition) is 6. The number of carbonyl (C=O) groups is 1. The Labute approximate surface area is 172 Å². The lowest BCUT2D eigenvalue weighted by molar-refractivity contribution is 0.00822. The molecule has 1 saturated heterocycles. The van der Waals surface area contributed by atoms with Gasteiger partial charge in [0.25, 0.3) is 5.88 Å². The Balaban J connectivity index is 1.56. The van der Waals surface area contributed by atoms with E-state index < -0.39 is 5.60 Å². The minimum atomic E-state index is -0.472. The van der Waals surface area contributed by atoms with Crippen molar-refractivity contribution in [3.63, 3.8) is 0 Å². The van der Waals surface area contributed by atoms with Crippen molar-refractivity contribution in [1.29, 1.82) is 0 Å². The third kappa shape index (κ3) is 5.71. The molecule has 2 heterocycles. The summed E-state index contributed by atoms with van der Waals surface area (Å²) in [5, 5.41) is 3.05. The molecule has 2 aromatic rings. The van der Waals surface area contributed by atoms with Gasteiger partial charge in [-0.05, 0) is 65.0 Å². The Bertz CT molecular complexity index is 834. The summed E-state index contributed by atoms with van der Waals surface area (Å²) in [6.07, 6.45) is 4.70. The second-order valence-electron chi connectivity index (χ2n) is 8.43. The molecule has 1 aromatic carbocycles. The Hall–Kier alpha value is -2.57. The average molecular weight is 401 g/mol. The van der Waals surface area contributed by atoms with E-state index in [1.54, 1.807) is 0 Å². The molecule has 0 radical (unpaired) electrons. The standard InChI is InChI=1S/C22H32N4O3/c1-22(2,3)29-21(27)26-14-8-7-10-16(26)11-9-15-28-20-19(23-4)24-17-12-5-6-13-18(17)25-20/h5-6,12-13,16H,7-11,14-15H2,1-4H3,(H,23,24)/t16-/m0/s1. The Kier molecular flexibility index (Phi) is 6.77. The van der Waals surface area contributed by atoms with Gasteiger partial charge < -0.3 is 19.7 Å². The van der Waals surface area contributed by atoms with E-state index >= 15 is 0 Å². The van der Waals surface area contributed by atoms with Crippen molar-refractivity contribution in [1.82, 2.24) is 14.9 Å². The number of nitrogens with one attached hydrogen (secondary N) is 1. The molecule has 1 amide bonds. The molecule has 1 fully saturated rings. The van der Waals surface area contributed by atoms with Gasteiger partial charge in [0.05, 0.1) is 17.6 Å². The predicted octanol–water partition coefficient (Wildman–Crippen LogP) is 4.62. The fourth-order valence-corrected chi connectivity index (χ4v) is 3.60. The molecule has 7 heteroatoms. The quantitative estimate of drug-likeness (QED) is 0.713. The van der Waals surface area contributed by atoms with Gasteiger partial charge in [-0.3, -0.25) is 0 Å². The second kappa shape index (κ2) is 9.29. The molecular formula is C22H32N4O3. The van der Waals surface area contributed by atoms with Crippen LogP contribution in [-0.4, -0.2) is 52.8 Å². The summed E-state index contributed by atoms with van der Waals surface area (Å²) in [7, 11) is 1.81. The van der Waals surface area contributed by atoms with Crippen LogP contribution in [0, 0.1) is 0 Å². The van der Waals surface area contributed by atoms with Crippen molar-refractivity contribution in [2.24, 2.45) is 0 Å². The van der Waals surface area contributed by atoms with E-state index in [0.29, 0.717) is 18.3 Å². The SMILES string of the molecule is CNc1nc2ccccc2nc1OCCC[C@@H]1CCCCN1C(=O)OC(C)(C)C. The molecule has 1 aliphatic rings. The fourth-order valence-electron chi connectivity index (χ4n) is 3.60. The maximum Gasteiger partial charge on any atom is 0.410 e. The first-order valence-electron chi connectivity index (χ1n) is 10.4. The molecule has 0 saturated carbocycles. The minimum Gasteiger partial charge on any atom is -0.475 e. The molecule has 3 rings (SSSR count). The zero-order valence-corrected chi connectivity index (χ0v) is 17.9. The van der Waals surface area contributed by atoms with Crippen LogP contribution in [-0.2, 0) is 4.74 Å². The molecule has 0 unspecified atom stereocenters. The van der Waals surface area contributed by atoms with E-state index in [-0.39, 0.29) is 12.1 Å². The van der Waals surface area contributed by atoms with E-state index in [2.05, 4.69) is 15.3 Å². The van der Waals surface area contributed by atoms with E-state index in [0.717, 1.165) is 49.7 Å². The van der Waals surface area contributed by atoms with Gasteiger partial charge in [-0.15, -0.1) is 0 Å². The fraction of sp³-hybridized carbons (Fsp3) is 0.591. The zero-order chi connectivity index (χ0) is 20.9. The lowest BCUT2D eigenvalue weighted by atomic mass is 9.98. The lowest BCUT2D eigenvalue weighted by Gasteiger charge is -2.36. The van der Waals surface area contributed by atoms with E-state index in [1.165, 1.54) is 0 Å². The molecule has 1 aliphatic heterocycles. The van der Waals surface area contributed by atoms with Crippen LogP contribution in [0.5, 0.6) is 5.88 Å². The maximum absolute atomic E-state index is 12.5. The van der Waals surface area contributed by atoms with E-state index in [4.69, 9.17) is 9.47 Å². The summed E-state index contributed by atoms with van der Waals surface area (Å²) in [6, 6.07) is 7.94. The molecule has 1 N–H and O–H groups in total. The number of hydrogen-bond donors (Lipinski definition) is 1. The first kappa shape index (κ1) is 21.1. The van der Waals surface area contributed by atoms with Crippen molar-refractivity contribution in [2.45, 2.75) is 64.5 Å². The van der Waals surface area contributed by atoms with Crippen LogP contribution in [0.2, 0.25) is 0 Å². The highest BCUT2D eigenvalue weighted by Gasteiger charge is 2.30. The Morgan fingerprint density at radius 1 is 1.21 bits per heavy atom. The normalized spacial score (nSPS) is 17.2. The van der Waals surface area contributed by atoms with Crippen molar-refractivity contribution < 1.29 is 14.3 Å². The van der Waals surface area contributed by atoms with Crippen LogP contribution in [0.15, 0.2) is 24.3 Å². The number of aromatic nitrogens is 2.